The van der Waals surface area contributed by atoms with Crippen LogP contribution >= 0.6 is 23.2 Å². The van der Waals surface area contributed by atoms with Gasteiger partial charge < -0.3 is 5.32 Å². The number of halogens is 2. The highest BCUT2D eigenvalue weighted by molar-refractivity contribution is 7.89. The maximum atomic E-state index is 12.0. The molecule has 4 nitrogen and oxygen atoms in total. The van der Waals surface area contributed by atoms with E-state index in [1.54, 1.807) is 25.1 Å². The van der Waals surface area contributed by atoms with E-state index in [9.17, 15) is 8.42 Å². The molecule has 0 aromatic heterocycles. The summed E-state index contributed by atoms with van der Waals surface area (Å²) in [5, 5.41) is 4.16. The van der Waals surface area contributed by atoms with Gasteiger partial charge in [-0.3, -0.25) is 0 Å². The normalized spacial score (nSPS) is 13.3. The molecule has 0 saturated carbocycles. The van der Waals surface area contributed by atoms with Gasteiger partial charge in [-0.05, 0) is 50.6 Å². The van der Waals surface area contributed by atoms with E-state index in [-0.39, 0.29) is 11.8 Å². The van der Waals surface area contributed by atoms with Crippen LogP contribution in [0.15, 0.2) is 18.2 Å². The van der Waals surface area contributed by atoms with Crippen molar-refractivity contribution in [3.8, 4) is 0 Å². The van der Waals surface area contributed by atoms with Crippen LogP contribution in [0.2, 0.25) is 10.0 Å². The highest BCUT2D eigenvalue weighted by atomic mass is 35.5. The molecule has 0 amide bonds. The van der Waals surface area contributed by atoms with Crippen molar-refractivity contribution in [3.05, 3.63) is 33.8 Å². The summed E-state index contributed by atoms with van der Waals surface area (Å²) in [5.41, 5.74) is 0.720. The monoisotopic (exact) mass is 352 g/mol. The van der Waals surface area contributed by atoms with Gasteiger partial charge in [0.2, 0.25) is 10.0 Å². The lowest BCUT2D eigenvalue weighted by atomic mass is 10.1. The molecule has 1 rings (SSSR count). The fourth-order valence-electron chi connectivity index (χ4n) is 1.96. The Bertz CT molecular complexity index is 550. The largest absolute Gasteiger partial charge is 0.317 e. The molecule has 1 unspecified atom stereocenters. The van der Waals surface area contributed by atoms with Gasteiger partial charge in [-0.15, -0.1) is 0 Å². The molecule has 0 aliphatic heterocycles. The molecule has 0 aliphatic rings. The number of benzene rings is 1. The smallest absolute Gasteiger partial charge is 0.212 e. The van der Waals surface area contributed by atoms with Crippen molar-refractivity contribution in [2.75, 3.05) is 18.8 Å². The number of hydrogen-bond acceptors (Lipinski definition) is 3. The van der Waals surface area contributed by atoms with Crippen LogP contribution < -0.4 is 10.0 Å². The van der Waals surface area contributed by atoms with E-state index in [1.165, 1.54) is 0 Å². The molecule has 0 saturated heterocycles. The number of sulfonamides is 1. The summed E-state index contributed by atoms with van der Waals surface area (Å²) in [6.45, 7) is 5.53. The van der Waals surface area contributed by atoms with Gasteiger partial charge >= 0.3 is 0 Å². The lowest BCUT2D eigenvalue weighted by molar-refractivity contribution is 0.561. The first-order chi connectivity index (χ1) is 9.85. The molecule has 120 valence electrons. The van der Waals surface area contributed by atoms with E-state index >= 15 is 0 Å². The van der Waals surface area contributed by atoms with Crippen molar-refractivity contribution in [3.63, 3.8) is 0 Å². The summed E-state index contributed by atoms with van der Waals surface area (Å²) < 4.78 is 26.7. The molecule has 1 aromatic rings. The zero-order valence-electron chi connectivity index (χ0n) is 12.3. The minimum Gasteiger partial charge on any atom is -0.317 e. The molecular formula is C14H22Cl2N2O2S. The zero-order chi connectivity index (χ0) is 15.9. The maximum Gasteiger partial charge on any atom is 0.212 e. The first kappa shape index (κ1) is 18.7. The standard InChI is InChI=1S/C14H22Cl2N2O2S/c1-3-17-8-4-5-9-21(19,20)18-11(2)13-7-6-12(15)10-14(13)16/h6-7,10-11,17-18H,3-5,8-9H2,1-2H3. The van der Waals surface area contributed by atoms with Crippen molar-refractivity contribution in [1.29, 1.82) is 0 Å². The SMILES string of the molecule is CCNCCCCS(=O)(=O)NC(C)c1ccc(Cl)cc1Cl. The topological polar surface area (TPSA) is 58.2 Å². The maximum absolute atomic E-state index is 12.0. The van der Waals surface area contributed by atoms with E-state index in [4.69, 9.17) is 23.2 Å². The Hall–Kier alpha value is -0.330. The van der Waals surface area contributed by atoms with Crippen molar-refractivity contribution >= 4 is 33.2 Å². The number of unbranched alkanes of at least 4 members (excludes halogenated alkanes) is 1. The van der Waals surface area contributed by atoms with Crippen LogP contribution in [0.25, 0.3) is 0 Å². The van der Waals surface area contributed by atoms with Crippen molar-refractivity contribution in [2.24, 2.45) is 0 Å². The quantitative estimate of drug-likeness (QED) is 0.670. The molecule has 0 spiro atoms. The van der Waals surface area contributed by atoms with Gasteiger partial charge in [0, 0.05) is 16.1 Å². The van der Waals surface area contributed by atoms with Crippen LogP contribution in [0, 0.1) is 0 Å². The summed E-state index contributed by atoms with van der Waals surface area (Å²) in [5.74, 6) is 0.119. The van der Waals surface area contributed by atoms with Crippen LogP contribution in [0.1, 0.15) is 38.3 Å². The van der Waals surface area contributed by atoms with Gasteiger partial charge in [0.15, 0.2) is 0 Å². The molecule has 1 aromatic carbocycles. The molecule has 0 radical (unpaired) electrons. The lowest BCUT2D eigenvalue weighted by Crippen LogP contribution is -2.29. The molecule has 0 bridgehead atoms. The average Bonchev–Trinajstić information content (AvgIpc) is 2.37. The Balaban J connectivity index is 2.54. The summed E-state index contributed by atoms with van der Waals surface area (Å²) in [6, 6.07) is 4.67. The molecule has 0 aliphatic carbocycles. The van der Waals surface area contributed by atoms with Gasteiger partial charge in [-0.25, -0.2) is 13.1 Å². The second-order valence-electron chi connectivity index (χ2n) is 4.88. The molecule has 2 N–H and O–H groups in total. The van der Waals surface area contributed by atoms with E-state index in [1.807, 2.05) is 6.92 Å². The Kier molecular flexibility index (Phi) is 7.98. The van der Waals surface area contributed by atoms with Gasteiger partial charge in [-0.1, -0.05) is 36.2 Å². The van der Waals surface area contributed by atoms with Crippen molar-refractivity contribution in [1.82, 2.24) is 10.0 Å². The fraction of sp³-hybridized carbons (Fsp3) is 0.571. The molecular weight excluding hydrogens is 331 g/mol. The van der Waals surface area contributed by atoms with Crippen molar-refractivity contribution in [2.45, 2.75) is 32.7 Å². The summed E-state index contributed by atoms with van der Waals surface area (Å²) in [6.07, 6.45) is 1.47. The molecule has 0 fully saturated rings. The Labute approximate surface area is 137 Å². The van der Waals surface area contributed by atoms with Gasteiger partial charge in [0.25, 0.3) is 0 Å². The number of hydrogen-bond donors (Lipinski definition) is 2. The predicted octanol–water partition coefficient (Wildman–Crippen LogP) is 3.36. The average molecular weight is 353 g/mol. The highest BCUT2D eigenvalue weighted by Crippen LogP contribution is 2.26. The third-order valence-corrected chi connectivity index (χ3v) is 5.15. The highest BCUT2D eigenvalue weighted by Gasteiger charge is 2.17. The third kappa shape index (κ3) is 6.98. The van der Waals surface area contributed by atoms with Crippen LogP contribution in [-0.2, 0) is 10.0 Å². The van der Waals surface area contributed by atoms with E-state index in [2.05, 4.69) is 10.0 Å². The molecule has 1 atom stereocenters. The first-order valence-electron chi connectivity index (χ1n) is 7.01. The Morgan fingerprint density at radius 3 is 2.57 bits per heavy atom. The van der Waals surface area contributed by atoms with E-state index in [0.717, 1.165) is 25.1 Å². The van der Waals surface area contributed by atoms with Gasteiger partial charge in [0.05, 0.1) is 5.75 Å². The fourth-order valence-corrected chi connectivity index (χ4v) is 3.90. The van der Waals surface area contributed by atoms with Crippen molar-refractivity contribution < 1.29 is 8.42 Å². The lowest BCUT2D eigenvalue weighted by Gasteiger charge is -2.16. The zero-order valence-corrected chi connectivity index (χ0v) is 14.7. The van der Waals surface area contributed by atoms with Gasteiger partial charge in [-0.2, -0.15) is 0 Å². The Morgan fingerprint density at radius 2 is 1.95 bits per heavy atom. The van der Waals surface area contributed by atoms with Crippen LogP contribution in [0.4, 0.5) is 0 Å². The summed E-state index contributed by atoms with van der Waals surface area (Å²) in [7, 11) is -3.31. The van der Waals surface area contributed by atoms with Crippen LogP contribution in [0.5, 0.6) is 0 Å². The second-order valence-corrected chi connectivity index (χ2v) is 7.60. The molecule has 7 heteroatoms. The van der Waals surface area contributed by atoms with E-state index < -0.39 is 10.0 Å². The first-order valence-corrected chi connectivity index (χ1v) is 9.42. The Morgan fingerprint density at radius 1 is 1.24 bits per heavy atom. The minimum absolute atomic E-state index is 0.119. The number of nitrogens with one attached hydrogen (secondary N) is 2. The van der Waals surface area contributed by atoms with Crippen LogP contribution in [-0.4, -0.2) is 27.3 Å². The third-order valence-electron chi connectivity index (χ3n) is 3.05. The number of rotatable bonds is 9. The van der Waals surface area contributed by atoms with Crippen LogP contribution in [0.3, 0.4) is 0 Å². The van der Waals surface area contributed by atoms with E-state index in [0.29, 0.717) is 16.5 Å². The molecule has 0 heterocycles. The predicted molar refractivity (Wildman–Crippen MR) is 89.6 cm³/mol. The van der Waals surface area contributed by atoms with Gasteiger partial charge in [0.1, 0.15) is 0 Å². The summed E-state index contributed by atoms with van der Waals surface area (Å²) in [4.78, 5) is 0. The minimum atomic E-state index is -3.31. The second kappa shape index (κ2) is 8.96. The summed E-state index contributed by atoms with van der Waals surface area (Å²) >= 11 is 11.9. The molecule has 21 heavy (non-hydrogen) atoms.